The molecule has 0 aromatic rings. The summed E-state index contributed by atoms with van der Waals surface area (Å²) in [4.78, 5) is 0. The molecular formula is C8H18O2. The van der Waals surface area contributed by atoms with E-state index in [1.54, 1.807) is 13.8 Å². The molecule has 0 aromatic heterocycles. The van der Waals surface area contributed by atoms with Crippen LogP contribution in [0.15, 0.2) is 0 Å². The van der Waals surface area contributed by atoms with Crippen molar-refractivity contribution in [1.82, 2.24) is 0 Å². The summed E-state index contributed by atoms with van der Waals surface area (Å²) in [6.07, 6.45) is 0. The van der Waals surface area contributed by atoms with E-state index in [1.165, 1.54) is 0 Å². The first-order valence-corrected chi connectivity index (χ1v) is 3.57. The molecule has 0 atom stereocenters. The largest absolute Gasteiger partial charge is 0.388 e. The highest BCUT2D eigenvalue weighted by Gasteiger charge is 2.18. The van der Waals surface area contributed by atoms with Crippen molar-refractivity contribution >= 4 is 0 Å². The number of rotatable bonds is 2. The van der Waals surface area contributed by atoms with Crippen LogP contribution in [0.5, 0.6) is 0 Å². The van der Waals surface area contributed by atoms with Crippen molar-refractivity contribution in [3.63, 3.8) is 0 Å². The van der Waals surface area contributed by atoms with E-state index in [-0.39, 0.29) is 5.60 Å². The van der Waals surface area contributed by atoms with Crippen LogP contribution in [0, 0.1) is 0 Å². The van der Waals surface area contributed by atoms with E-state index in [4.69, 9.17) is 4.74 Å². The van der Waals surface area contributed by atoms with Crippen LogP contribution in [0.2, 0.25) is 0 Å². The lowest BCUT2D eigenvalue weighted by Gasteiger charge is -2.25. The monoisotopic (exact) mass is 146 g/mol. The predicted octanol–water partition coefficient (Wildman–Crippen LogP) is 1.57. The van der Waals surface area contributed by atoms with Gasteiger partial charge in [0.2, 0.25) is 0 Å². The van der Waals surface area contributed by atoms with Gasteiger partial charge in [-0.05, 0) is 34.6 Å². The molecule has 0 spiro atoms. The molecular weight excluding hydrogens is 128 g/mol. The molecule has 10 heavy (non-hydrogen) atoms. The summed E-state index contributed by atoms with van der Waals surface area (Å²) >= 11 is 0. The Morgan fingerprint density at radius 1 is 1.10 bits per heavy atom. The molecule has 0 unspecified atom stereocenters. The minimum absolute atomic E-state index is 0.153. The summed E-state index contributed by atoms with van der Waals surface area (Å²) in [6, 6.07) is 0. The zero-order valence-electron chi connectivity index (χ0n) is 7.56. The van der Waals surface area contributed by atoms with Crippen LogP contribution in [0.1, 0.15) is 34.6 Å². The maximum Gasteiger partial charge on any atom is 0.0824 e. The Morgan fingerprint density at radius 2 is 1.50 bits per heavy atom. The molecule has 0 aliphatic carbocycles. The first-order valence-electron chi connectivity index (χ1n) is 3.57. The van der Waals surface area contributed by atoms with Crippen molar-refractivity contribution in [3.05, 3.63) is 0 Å². The van der Waals surface area contributed by atoms with Gasteiger partial charge in [-0.1, -0.05) is 0 Å². The Labute approximate surface area is 63.2 Å². The van der Waals surface area contributed by atoms with E-state index in [1.807, 2.05) is 20.8 Å². The maximum absolute atomic E-state index is 9.26. The van der Waals surface area contributed by atoms with Crippen LogP contribution in [-0.4, -0.2) is 22.9 Å². The summed E-state index contributed by atoms with van der Waals surface area (Å²) in [7, 11) is 0. The van der Waals surface area contributed by atoms with Gasteiger partial charge in [-0.15, -0.1) is 0 Å². The van der Waals surface area contributed by atoms with Gasteiger partial charge in [0.1, 0.15) is 0 Å². The number of hydrogen-bond donors (Lipinski definition) is 1. The fourth-order valence-corrected chi connectivity index (χ4v) is 0.393. The van der Waals surface area contributed by atoms with Gasteiger partial charge in [-0.3, -0.25) is 0 Å². The smallest absolute Gasteiger partial charge is 0.0824 e. The van der Waals surface area contributed by atoms with Gasteiger partial charge >= 0.3 is 0 Å². The molecule has 0 aliphatic heterocycles. The summed E-state index contributed by atoms with van der Waals surface area (Å²) < 4.78 is 5.34. The standard InChI is InChI=1S/C8H18O2/c1-7(2,3)10-6-8(4,5)9/h9H,6H2,1-5H3. The van der Waals surface area contributed by atoms with Gasteiger partial charge in [0.05, 0.1) is 17.8 Å². The van der Waals surface area contributed by atoms with E-state index in [0.717, 1.165) is 0 Å². The van der Waals surface area contributed by atoms with E-state index < -0.39 is 5.60 Å². The molecule has 2 nitrogen and oxygen atoms in total. The molecule has 0 rings (SSSR count). The highest BCUT2D eigenvalue weighted by Crippen LogP contribution is 2.11. The number of ether oxygens (including phenoxy) is 1. The maximum atomic E-state index is 9.26. The van der Waals surface area contributed by atoms with Gasteiger partial charge in [0.15, 0.2) is 0 Å². The quantitative estimate of drug-likeness (QED) is 0.640. The van der Waals surface area contributed by atoms with Crippen molar-refractivity contribution in [2.24, 2.45) is 0 Å². The minimum atomic E-state index is -0.715. The van der Waals surface area contributed by atoms with E-state index in [9.17, 15) is 5.11 Å². The molecule has 0 bridgehead atoms. The lowest BCUT2D eigenvalue weighted by Crippen LogP contribution is -2.32. The molecule has 0 amide bonds. The van der Waals surface area contributed by atoms with E-state index in [2.05, 4.69) is 0 Å². The first kappa shape index (κ1) is 9.92. The summed E-state index contributed by atoms with van der Waals surface area (Å²) in [5.74, 6) is 0. The zero-order valence-corrected chi connectivity index (χ0v) is 7.56. The third-order valence-corrected chi connectivity index (χ3v) is 0.858. The Kier molecular flexibility index (Phi) is 2.86. The Bertz CT molecular complexity index is 80.8. The van der Waals surface area contributed by atoms with Crippen molar-refractivity contribution in [1.29, 1.82) is 0 Å². The van der Waals surface area contributed by atoms with Crippen molar-refractivity contribution < 1.29 is 9.84 Å². The average Bonchev–Trinajstić information content (AvgIpc) is 1.57. The molecule has 0 aromatic carbocycles. The number of hydrogen-bond acceptors (Lipinski definition) is 2. The van der Waals surface area contributed by atoms with E-state index >= 15 is 0 Å². The van der Waals surface area contributed by atoms with Crippen LogP contribution >= 0.6 is 0 Å². The summed E-state index contributed by atoms with van der Waals surface area (Å²) in [5.41, 5.74) is -0.868. The van der Waals surface area contributed by atoms with Crippen LogP contribution < -0.4 is 0 Å². The Hall–Kier alpha value is -0.0800. The molecule has 1 N–H and O–H groups in total. The average molecular weight is 146 g/mol. The first-order chi connectivity index (χ1) is 4.21. The van der Waals surface area contributed by atoms with Crippen LogP contribution in [0.3, 0.4) is 0 Å². The molecule has 0 heterocycles. The van der Waals surface area contributed by atoms with Crippen LogP contribution in [0.4, 0.5) is 0 Å². The highest BCUT2D eigenvalue weighted by molar-refractivity contribution is 4.67. The molecule has 0 radical (unpaired) electrons. The van der Waals surface area contributed by atoms with Crippen molar-refractivity contribution in [2.45, 2.75) is 45.8 Å². The van der Waals surface area contributed by atoms with Crippen LogP contribution in [0.25, 0.3) is 0 Å². The molecule has 0 fully saturated rings. The normalized spacial score (nSPS) is 13.8. The fraction of sp³-hybridized carbons (Fsp3) is 1.00. The van der Waals surface area contributed by atoms with Crippen molar-refractivity contribution in [3.8, 4) is 0 Å². The molecule has 0 aliphatic rings. The van der Waals surface area contributed by atoms with Gasteiger partial charge in [0.25, 0.3) is 0 Å². The third kappa shape index (κ3) is 7.92. The number of aliphatic hydroxyl groups is 1. The van der Waals surface area contributed by atoms with Gasteiger partial charge < -0.3 is 9.84 Å². The van der Waals surface area contributed by atoms with E-state index in [0.29, 0.717) is 6.61 Å². The zero-order chi connectivity index (χ0) is 8.41. The lowest BCUT2D eigenvalue weighted by molar-refractivity contribution is -0.0827. The minimum Gasteiger partial charge on any atom is -0.388 e. The molecule has 0 saturated heterocycles. The van der Waals surface area contributed by atoms with Crippen LogP contribution in [-0.2, 0) is 4.74 Å². The summed E-state index contributed by atoms with van der Waals surface area (Å²) in [5, 5.41) is 9.26. The fourth-order valence-electron chi connectivity index (χ4n) is 0.393. The predicted molar refractivity (Wildman–Crippen MR) is 42.0 cm³/mol. The SMILES string of the molecule is CC(C)(O)COC(C)(C)C. The van der Waals surface area contributed by atoms with Gasteiger partial charge in [-0.25, -0.2) is 0 Å². The second-order valence-electron chi connectivity index (χ2n) is 4.21. The molecule has 62 valence electrons. The Morgan fingerprint density at radius 3 is 1.60 bits per heavy atom. The topological polar surface area (TPSA) is 29.5 Å². The summed E-state index contributed by atoms with van der Waals surface area (Å²) in [6.45, 7) is 9.77. The second kappa shape index (κ2) is 2.89. The molecule has 2 heteroatoms. The lowest BCUT2D eigenvalue weighted by atomic mass is 10.1. The third-order valence-electron chi connectivity index (χ3n) is 0.858. The van der Waals surface area contributed by atoms with Gasteiger partial charge in [-0.2, -0.15) is 0 Å². The Balaban J connectivity index is 3.56. The second-order valence-corrected chi connectivity index (χ2v) is 4.21. The highest BCUT2D eigenvalue weighted by atomic mass is 16.5. The van der Waals surface area contributed by atoms with Gasteiger partial charge in [0, 0.05) is 0 Å². The van der Waals surface area contributed by atoms with Crippen molar-refractivity contribution in [2.75, 3.05) is 6.61 Å². The molecule has 0 saturated carbocycles.